The summed E-state index contributed by atoms with van der Waals surface area (Å²) < 4.78 is 0. The Morgan fingerprint density at radius 2 is 2.00 bits per heavy atom. The highest BCUT2D eigenvalue weighted by atomic mass is 32.1. The van der Waals surface area contributed by atoms with E-state index in [-0.39, 0.29) is 0 Å². The van der Waals surface area contributed by atoms with E-state index in [1.54, 1.807) is 6.20 Å². The van der Waals surface area contributed by atoms with Crippen LogP contribution in [0, 0.1) is 0 Å². The number of thiazole rings is 2. The number of fused-ring (bicyclic) bond motifs is 2. The van der Waals surface area contributed by atoms with Crippen LogP contribution in [0.3, 0.4) is 0 Å². The monoisotopic (exact) mass is 339 g/mol. The molecule has 5 rings (SSSR count). The second kappa shape index (κ2) is 4.61. The molecule has 112 valence electrons. The fraction of sp³-hybridized carbons (Fsp3) is 0. The van der Waals surface area contributed by atoms with E-state index in [0.717, 1.165) is 42.4 Å². The Bertz CT molecular complexity index is 1100. The van der Waals surface area contributed by atoms with Crippen LogP contribution in [0.1, 0.15) is 0 Å². The number of nitrogens with zero attached hydrogens (tertiary/aromatic N) is 4. The molecule has 5 heterocycles. The summed E-state index contributed by atoms with van der Waals surface area (Å²) in [6.45, 7) is 0. The first-order chi connectivity index (χ1) is 11.3. The molecule has 5 aromatic rings. The predicted octanol–water partition coefficient (Wildman–Crippen LogP) is 3.27. The van der Waals surface area contributed by atoms with E-state index in [1.807, 2.05) is 24.7 Å². The van der Waals surface area contributed by atoms with Crippen molar-refractivity contribution in [1.82, 2.24) is 30.1 Å². The maximum atomic E-state index is 5.72. The highest BCUT2D eigenvalue weighted by molar-refractivity contribution is 7.29. The van der Waals surface area contributed by atoms with Crippen molar-refractivity contribution in [3.05, 3.63) is 30.9 Å². The Labute approximate surface area is 137 Å². The SMILES string of the molecule is Nc1nc2sc(-c3ncc(-c4cn[nH]c4)c4cc[nH]c34)nc2s1. The Balaban J connectivity index is 1.74. The van der Waals surface area contributed by atoms with Gasteiger partial charge in [-0.25, -0.2) is 9.97 Å². The van der Waals surface area contributed by atoms with Crippen LogP contribution in [0.4, 0.5) is 5.13 Å². The smallest absolute Gasteiger partial charge is 0.183 e. The van der Waals surface area contributed by atoms with Crippen LogP contribution in [0.15, 0.2) is 30.9 Å². The fourth-order valence-electron chi connectivity index (χ4n) is 2.60. The fourth-order valence-corrected chi connectivity index (χ4v) is 4.42. The first-order valence-electron chi connectivity index (χ1n) is 6.78. The molecule has 23 heavy (non-hydrogen) atoms. The van der Waals surface area contributed by atoms with E-state index in [9.17, 15) is 0 Å². The molecule has 0 spiro atoms. The lowest BCUT2D eigenvalue weighted by atomic mass is 10.1. The minimum Gasteiger partial charge on any atom is -0.375 e. The van der Waals surface area contributed by atoms with E-state index >= 15 is 0 Å². The van der Waals surface area contributed by atoms with E-state index in [0.29, 0.717) is 5.13 Å². The largest absolute Gasteiger partial charge is 0.375 e. The molecule has 0 fully saturated rings. The van der Waals surface area contributed by atoms with Crippen LogP contribution >= 0.6 is 22.7 Å². The maximum absolute atomic E-state index is 5.72. The van der Waals surface area contributed by atoms with Crippen molar-refractivity contribution in [3.8, 4) is 21.8 Å². The highest BCUT2D eigenvalue weighted by Crippen LogP contribution is 2.37. The van der Waals surface area contributed by atoms with Crippen LogP contribution in [-0.4, -0.2) is 30.1 Å². The van der Waals surface area contributed by atoms with Gasteiger partial charge in [-0.1, -0.05) is 22.7 Å². The number of aromatic nitrogens is 6. The summed E-state index contributed by atoms with van der Waals surface area (Å²) in [5, 5.41) is 9.31. The number of H-pyrrole nitrogens is 2. The van der Waals surface area contributed by atoms with Gasteiger partial charge in [-0.3, -0.25) is 10.1 Å². The van der Waals surface area contributed by atoms with Crippen LogP contribution in [0.2, 0.25) is 0 Å². The standard InChI is InChI=1S/C14H9N7S2/c15-14-21-13-12(23-14)20-11(22-13)10-9-7(1-2-16-9)8(5-17-10)6-3-18-19-4-6/h1-5,16H,(H2,15,21)(H,18,19). The summed E-state index contributed by atoms with van der Waals surface area (Å²) in [7, 11) is 0. The molecule has 4 N–H and O–H groups in total. The van der Waals surface area contributed by atoms with Gasteiger partial charge in [0.2, 0.25) is 0 Å². The Kier molecular flexibility index (Phi) is 2.55. The summed E-state index contributed by atoms with van der Waals surface area (Å²) in [6.07, 6.45) is 7.41. The summed E-state index contributed by atoms with van der Waals surface area (Å²) in [6, 6.07) is 2.04. The van der Waals surface area contributed by atoms with E-state index < -0.39 is 0 Å². The average Bonchev–Trinajstić information content (AvgIpc) is 3.29. The van der Waals surface area contributed by atoms with Crippen molar-refractivity contribution in [2.45, 2.75) is 0 Å². The molecule has 0 aliphatic heterocycles. The number of pyridine rings is 1. The highest BCUT2D eigenvalue weighted by Gasteiger charge is 2.17. The van der Waals surface area contributed by atoms with Gasteiger partial charge in [0.15, 0.2) is 14.8 Å². The molecule has 0 saturated carbocycles. The van der Waals surface area contributed by atoms with Crippen molar-refractivity contribution >= 4 is 48.4 Å². The minimum absolute atomic E-state index is 0.540. The second-order valence-electron chi connectivity index (χ2n) is 4.96. The lowest BCUT2D eigenvalue weighted by molar-refractivity contribution is 1.09. The molecule has 0 amide bonds. The molecule has 5 aromatic heterocycles. The molecule has 0 saturated heterocycles. The van der Waals surface area contributed by atoms with Gasteiger partial charge >= 0.3 is 0 Å². The summed E-state index contributed by atoms with van der Waals surface area (Å²) in [5.74, 6) is 0. The Morgan fingerprint density at radius 1 is 1.09 bits per heavy atom. The first kappa shape index (κ1) is 12.7. The van der Waals surface area contributed by atoms with Gasteiger partial charge in [0.25, 0.3) is 0 Å². The molecule has 0 unspecified atom stereocenters. The zero-order chi connectivity index (χ0) is 15.4. The number of aromatic amines is 2. The number of hydrogen-bond donors (Lipinski definition) is 3. The van der Waals surface area contributed by atoms with Crippen molar-refractivity contribution in [3.63, 3.8) is 0 Å². The number of nitrogen functional groups attached to an aromatic ring is 1. The van der Waals surface area contributed by atoms with Crippen molar-refractivity contribution in [2.75, 3.05) is 5.73 Å². The van der Waals surface area contributed by atoms with Gasteiger partial charge in [0, 0.05) is 35.1 Å². The number of nitrogens with two attached hydrogens (primary N) is 1. The first-order valence-corrected chi connectivity index (χ1v) is 8.41. The van der Waals surface area contributed by atoms with Crippen molar-refractivity contribution in [2.24, 2.45) is 0 Å². The number of nitrogens with one attached hydrogen (secondary N) is 2. The number of anilines is 1. The van der Waals surface area contributed by atoms with Crippen molar-refractivity contribution < 1.29 is 0 Å². The molecular formula is C14H9N7S2. The predicted molar refractivity (Wildman–Crippen MR) is 92.4 cm³/mol. The van der Waals surface area contributed by atoms with Gasteiger partial charge in [-0.05, 0) is 6.07 Å². The van der Waals surface area contributed by atoms with E-state index in [4.69, 9.17) is 5.73 Å². The molecule has 9 heteroatoms. The van der Waals surface area contributed by atoms with Crippen molar-refractivity contribution in [1.29, 1.82) is 0 Å². The zero-order valence-electron chi connectivity index (χ0n) is 11.6. The molecule has 7 nitrogen and oxygen atoms in total. The topological polar surface area (TPSA) is 109 Å². The van der Waals surface area contributed by atoms with Gasteiger partial charge in [-0.15, -0.1) is 0 Å². The third kappa shape index (κ3) is 1.87. The van der Waals surface area contributed by atoms with E-state index in [2.05, 4.69) is 30.1 Å². The third-order valence-corrected chi connectivity index (χ3v) is 5.46. The van der Waals surface area contributed by atoms with Crippen LogP contribution in [-0.2, 0) is 0 Å². The normalized spacial score (nSPS) is 11.7. The van der Waals surface area contributed by atoms with E-state index in [1.165, 1.54) is 22.7 Å². The molecule has 0 radical (unpaired) electrons. The summed E-state index contributed by atoms with van der Waals surface area (Å²) in [5.41, 5.74) is 9.53. The molecule has 0 aromatic carbocycles. The minimum atomic E-state index is 0.540. The summed E-state index contributed by atoms with van der Waals surface area (Å²) >= 11 is 2.89. The lowest BCUT2D eigenvalue weighted by Crippen LogP contribution is -1.87. The number of rotatable bonds is 2. The van der Waals surface area contributed by atoms with Crippen LogP contribution < -0.4 is 5.73 Å². The zero-order valence-corrected chi connectivity index (χ0v) is 13.2. The van der Waals surface area contributed by atoms with Crippen LogP contribution in [0.25, 0.3) is 42.4 Å². The van der Waals surface area contributed by atoms with Gasteiger partial charge in [0.1, 0.15) is 10.7 Å². The van der Waals surface area contributed by atoms with Crippen LogP contribution in [0.5, 0.6) is 0 Å². The van der Waals surface area contributed by atoms with Gasteiger partial charge in [0.05, 0.1) is 11.7 Å². The Hall–Kier alpha value is -2.78. The molecule has 0 bridgehead atoms. The molecular weight excluding hydrogens is 330 g/mol. The maximum Gasteiger partial charge on any atom is 0.183 e. The quantitative estimate of drug-likeness (QED) is 0.457. The lowest BCUT2D eigenvalue weighted by Gasteiger charge is -2.03. The van der Waals surface area contributed by atoms with Gasteiger partial charge in [-0.2, -0.15) is 5.10 Å². The average molecular weight is 339 g/mol. The second-order valence-corrected chi connectivity index (χ2v) is 6.94. The number of hydrogen-bond acceptors (Lipinski definition) is 7. The Morgan fingerprint density at radius 3 is 2.83 bits per heavy atom. The summed E-state index contributed by atoms with van der Waals surface area (Å²) in [4.78, 5) is 18.5. The van der Waals surface area contributed by atoms with Gasteiger partial charge < -0.3 is 10.7 Å². The molecule has 0 aliphatic carbocycles. The molecule has 0 aliphatic rings. The molecule has 0 atom stereocenters. The third-order valence-electron chi connectivity index (χ3n) is 3.60.